The maximum Gasteiger partial charge on any atom is 0.122 e. The molecular weight excluding hydrogens is 238 g/mol. The number of hydrogen-bond donors (Lipinski definition) is 1. The van der Waals surface area contributed by atoms with Crippen molar-refractivity contribution in [2.24, 2.45) is 5.73 Å². The van der Waals surface area contributed by atoms with Crippen LogP contribution in [0.2, 0.25) is 0 Å². The summed E-state index contributed by atoms with van der Waals surface area (Å²) in [5.74, 6) is 1.06. The molecule has 3 nitrogen and oxygen atoms in total. The molecule has 1 fully saturated rings. The molecule has 1 aliphatic heterocycles. The van der Waals surface area contributed by atoms with Gasteiger partial charge in [0, 0.05) is 12.5 Å². The lowest BCUT2D eigenvalue weighted by Gasteiger charge is -2.26. The van der Waals surface area contributed by atoms with Crippen LogP contribution in [0, 0.1) is 0 Å². The average molecular weight is 261 g/mol. The molecule has 1 saturated carbocycles. The Labute approximate surface area is 115 Å². The monoisotopic (exact) mass is 261 g/mol. The second-order valence-electron chi connectivity index (χ2n) is 5.71. The van der Waals surface area contributed by atoms with Gasteiger partial charge in [-0.3, -0.25) is 0 Å². The Kier molecular flexibility index (Phi) is 4.04. The maximum absolute atomic E-state index is 5.98. The van der Waals surface area contributed by atoms with Crippen molar-refractivity contribution >= 4 is 0 Å². The first-order chi connectivity index (χ1) is 9.31. The van der Waals surface area contributed by atoms with Crippen LogP contribution in [0.3, 0.4) is 0 Å². The van der Waals surface area contributed by atoms with E-state index in [-0.39, 0.29) is 0 Å². The van der Waals surface area contributed by atoms with Gasteiger partial charge in [0.2, 0.25) is 0 Å². The van der Waals surface area contributed by atoms with E-state index in [9.17, 15) is 0 Å². The van der Waals surface area contributed by atoms with Gasteiger partial charge in [0.1, 0.15) is 5.75 Å². The van der Waals surface area contributed by atoms with E-state index in [0.717, 1.165) is 44.6 Å². The molecule has 0 radical (unpaired) electrons. The second-order valence-corrected chi connectivity index (χ2v) is 5.71. The van der Waals surface area contributed by atoms with E-state index in [1.165, 1.54) is 24.0 Å². The number of ether oxygens (including phenoxy) is 2. The number of benzene rings is 1. The molecule has 0 aromatic heterocycles. The number of rotatable bonds is 4. The van der Waals surface area contributed by atoms with Crippen LogP contribution in [0.25, 0.3) is 0 Å². The van der Waals surface area contributed by atoms with Crippen molar-refractivity contribution < 1.29 is 9.47 Å². The smallest absolute Gasteiger partial charge is 0.122 e. The Bertz CT molecular complexity index is 433. The standard InChI is InChI=1S/C16H23NO2/c17-14-2-1-3-15(11-14)18-8-6-12-4-5-16-13(10-12)7-9-19-16/h4-5,10,14-15H,1-3,6-9,11,17H2. The average Bonchev–Trinajstić information content (AvgIpc) is 2.86. The molecule has 2 atom stereocenters. The third kappa shape index (κ3) is 3.28. The van der Waals surface area contributed by atoms with Gasteiger partial charge in [-0.2, -0.15) is 0 Å². The van der Waals surface area contributed by atoms with Crippen LogP contribution in [0.15, 0.2) is 18.2 Å². The first-order valence-electron chi connectivity index (χ1n) is 7.43. The highest BCUT2D eigenvalue weighted by Crippen LogP contribution is 2.26. The van der Waals surface area contributed by atoms with Crippen LogP contribution in [0.1, 0.15) is 36.8 Å². The van der Waals surface area contributed by atoms with Crippen LogP contribution in [0.4, 0.5) is 0 Å². The van der Waals surface area contributed by atoms with Crippen molar-refractivity contribution in [1.82, 2.24) is 0 Å². The Hall–Kier alpha value is -1.06. The fraction of sp³-hybridized carbons (Fsp3) is 0.625. The van der Waals surface area contributed by atoms with Crippen molar-refractivity contribution in [3.05, 3.63) is 29.3 Å². The Morgan fingerprint density at radius 2 is 2.26 bits per heavy atom. The summed E-state index contributed by atoms with van der Waals surface area (Å²) >= 11 is 0. The van der Waals surface area contributed by atoms with Crippen LogP contribution < -0.4 is 10.5 Å². The lowest BCUT2D eigenvalue weighted by molar-refractivity contribution is 0.0254. The van der Waals surface area contributed by atoms with Crippen molar-refractivity contribution in [2.45, 2.75) is 50.7 Å². The number of nitrogens with two attached hydrogens (primary N) is 1. The molecule has 1 heterocycles. The molecule has 0 bridgehead atoms. The molecule has 0 spiro atoms. The summed E-state index contributed by atoms with van der Waals surface area (Å²) in [5.41, 5.74) is 8.67. The van der Waals surface area contributed by atoms with E-state index in [2.05, 4.69) is 18.2 Å². The maximum atomic E-state index is 5.98. The quantitative estimate of drug-likeness (QED) is 0.905. The minimum atomic E-state index is 0.343. The molecule has 0 saturated heterocycles. The zero-order valence-electron chi connectivity index (χ0n) is 11.4. The molecule has 3 rings (SSSR count). The predicted octanol–water partition coefficient (Wildman–Crippen LogP) is 2.45. The minimum Gasteiger partial charge on any atom is -0.493 e. The van der Waals surface area contributed by atoms with E-state index >= 15 is 0 Å². The lowest BCUT2D eigenvalue weighted by Crippen LogP contribution is -2.32. The Morgan fingerprint density at radius 1 is 1.32 bits per heavy atom. The van der Waals surface area contributed by atoms with E-state index in [1.807, 2.05) is 0 Å². The lowest BCUT2D eigenvalue weighted by atomic mass is 9.93. The van der Waals surface area contributed by atoms with Gasteiger partial charge in [-0.1, -0.05) is 12.1 Å². The van der Waals surface area contributed by atoms with Gasteiger partial charge < -0.3 is 15.2 Å². The highest BCUT2D eigenvalue weighted by atomic mass is 16.5. The van der Waals surface area contributed by atoms with Crippen LogP contribution >= 0.6 is 0 Å². The SMILES string of the molecule is NC1CCCC(OCCc2ccc3c(c2)CCO3)C1. The Balaban J connectivity index is 1.47. The van der Waals surface area contributed by atoms with Crippen LogP contribution in [0.5, 0.6) is 5.75 Å². The van der Waals surface area contributed by atoms with E-state index in [1.54, 1.807) is 0 Å². The van der Waals surface area contributed by atoms with Gasteiger partial charge in [0.05, 0.1) is 19.3 Å². The molecule has 104 valence electrons. The van der Waals surface area contributed by atoms with Crippen LogP contribution in [-0.2, 0) is 17.6 Å². The van der Waals surface area contributed by atoms with E-state index < -0.39 is 0 Å². The molecular formula is C16H23NO2. The first kappa shape index (κ1) is 12.9. The van der Waals surface area contributed by atoms with E-state index in [0.29, 0.717) is 12.1 Å². The number of fused-ring (bicyclic) bond motifs is 1. The fourth-order valence-corrected chi connectivity index (χ4v) is 3.07. The molecule has 2 unspecified atom stereocenters. The van der Waals surface area contributed by atoms with Crippen molar-refractivity contribution in [1.29, 1.82) is 0 Å². The molecule has 3 heteroatoms. The van der Waals surface area contributed by atoms with Gasteiger partial charge in [-0.25, -0.2) is 0 Å². The topological polar surface area (TPSA) is 44.5 Å². The molecule has 2 aliphatic rings. The molecule has 2 N–H and O–H groups in total. The van der Waals surface area contributed by atoms with Gasteiger partial charge in [-0.15, -0.1) is 0 Å². The largest absolute Gasteiger partial charge is 0.493 e. The Morgan fingerprint density at radius 3 is 3.16 bits per heavy atom. The summed E-state index contributed by atoms with van der Waals surface area (Å²) in [7, 11) is 0. The number of hydrogen-bond acceptors (Lipinski definition) is 3. The highest BCUT2D eigenvalue weighted by molar-refractivity contribution is 5.39. The zero-order chi connectivity index (χ0) is 13.1. The van der Waals surface area contributed by atoms with Crippen LogP contribution in [-0.4, -0.2) is 25.4 Å². The summed E-state index contributed by atoms with van der Waals surface area (Å²) in [6.45, 7) is 1.63. The molecule has 1 aromatic rings. The fourth-order valence-electron chi connectivity index (χ4n) is 3.07. The molecule has 0 amide bonds. The molecule has 1 aliphatic carbocycles. The summed E-state index contributed by atoms with van der Waals surface area (Å²) in [6, 6.07) is 6.85. The first-order valence-corrected chi connectivity index (χ1v) is 7.43. The third-order valence-corrected chi connectivity index (χ3v) is 4.16. The predicted molar refractivity (Wildman–Crippen MR) is 75.5 cm³/mol. The normalized spacial score (nSPS) is 25.9. The molecule has 19 heavy (non-hydrogen) atoms. The minimum absolute atomic E-state index is 0.343. The van der Waals surface area contributed by atoms with Crippen molar-refractivity contribution in [3.8, 4) is 5.75 Å². The van der Waals surface area contributed by atoms with E-state index in [4.69, 9.17) is 15.2 Å². The van der Waals surface area contributed by atoms with Gasteiger partial charge in [-0.05, 0) is 49.3 Å². The highest BCUT2D eigenvalue weighted by Gasteiger charge is 2.19. The summed E-state index contributed by atoms with van der Waals surface area (Å²) in [4.78, 5) is 0. The van der Waals surface area contributed by atoms with Gasteiger partial charge in [0.25, 0.3) is 0 Å². The van der Waals surface area contributed by atoms with Crippen molar-refractivity contribution in [3.63, 3.8) is 0 Å². The van der Waals surface area contributed by atoms with Crippen molar-refractivity contribution in [2.75, 3.05) is 13.2 Å². The third-order valence-electron chi connectivity index (χ3n) is 4.16. The summed E-state index contributed by atoms with van der Waals surface area (Å²) in [6.07, 6.45) is 6.97. The zero-order valence-corrected chi connectivity index (χ0v) is 11.4. The summed E-state index contributed by atoms with van der Waals surface area (Å²) in [5, 5.41) is 0. The second kappa shape index (κ2) is 5.93. The summed E-state index contributed by atoms with van der Waals surface area (Å²) < 4.78 is 11.5. The molecule has 1 aromatic carbocycles. The van der Waals surface area contributed by atoms with Gasteiger partial charge in [0.15, 0.2) is 0 Å². The van der Waals surface area contributed by atoms with Gasteiger partial charge >= 0.3 is 0 Å².